The van der Waals surface area contributed by atoms with Crippen LogP contribution in [0.2, 0.25) is 0 Å². The molecule has 4 unspecified atom stereocenters. The number of ether oxygens (including phenoxy) is 2. The van der Waals surface area contributed by atoms with Crippen molar-refractivity contribution >= 4 is 5.97 Å². The third kappa shape index (κ3) is 3.95. The molecule has 0 saturated heterocycles. The zero-order valence-electron chi connectivity index (χ0n) is 13.3. The maximum atomic E-state index is 12.0. The summed E-state index contributed by atoms with van der Waals surface area (Å²) in [6, 6.07) is 0.452. The summed E-state index contributed by atoms with van der Waals surface area (Å²) < 4.78 is 11.0. The molecule has 0 bridgehead atoms. The fourth-order valence-electron chi connectivity index (χ4n) is 3.00. The highest BCUT2D eigenvalue weighted by atomic mass is 16.5. The van der Waals surface area contributed by atoms with Crippen molar-refractivity contribution in [3.8, 4) is 0 Å². The van der Waals surface area contributed by atoms with Crippen LogP contribution in [0.3, 0.4) is 0 Å². The predicted octanol–water partition coefficient (Wildman–Crippen LogP) is 2.51. The van der Waals surface area contributed by atoms with Gasteiger partial charge < -0.3 is 9.47 Å². The average molecular weight is 283 g/mol. The van der Waals surface area contributed by atoms with Gasteiger partial charge in [-0.2, -0.15) is 0 Å². The first-order valence-corrected chi connectivity index (χ1v) is 7.92. The van der Waals surface area contributed by atoms with Crippen molar-refractivity contribution in [1.82, 2.24) is 5.32 Å². The number of carbonyl (C=O) groups excluding carboxylic acids is 1. The molecule has 0 amide bonds. The van der Waals surface area contributed by atoms with E-state index in [1.54, 1.807) is 0 Å². The molecule has 20 heavy (non-hydrogen) atoms. The van der Waals surface area contributed by atoms with E-state index < -0.39 is 5.54 Å². The Morgan fingerprint density at radius 3 is 2.45 bits per heavy atom. The quantitative estimate of drug-likeness (QED) is 0.761. The minimum absolute atomic E-state index is 0.221. The molecule has 4 nitrogen and oxygen atoms in total. The molecule has 1 N–H and O–H groups in total. The van der Waals surface area contributed by atoms with Gasteiger partial charge in [0, 0.05) is 6.04 Å². The van der Waals surface area contributed by atoms with Gasteiger partial charge in [0.05, 0.1) is 19.8 Å². The van der Waals surface area contributed by atoms with E-state index in [4.69, 9.17) is 9.47 Å². The van der Waals surface area contributed by atoms with Crippen LogP contribution in [-0.4, -0.2) is 37.4 Å². The van der Waals surface area contributed by atoms with Gasteiger partial charge in [-0.3, -0.25) is 5.32 Å². The maximum Gasteiger partial charge on any atom is 0.328 e. The van der Waals surface area contributed by atoms with Crippen LogP contribution < -0.4 is 5.32 Å². The summed E-state index contributed by atoms with van der Waals surface area (Å²) in [5.41, 5.74) is -0.706. The molecule has 4 heteroatoms. The van der Waals surface area contributed by atoms with Crippen LogP contribution >= 0.6 is 0 Å². The van der Waals surface area contributed by atoms with Crippen molar-refractivity contribution in [2.24, 2.45) is 11.8 Å². The molecule has 0 aromatic rings. The summed E-state index contributed by atoms with van der Waals surface area (Å²) >= 11 is 0. The summed E-state index contributed by atoms with van der Waals surface area (Å²) in [5.74, 6) is 1.27. The topological polar surface area (TPSA) is 47.6 Å². The lowest BCUT2D eigenvalue weighted by atomic mass is 9.80. The second-order valence-corrected chi connectivity index (χ2v) is 6.94. The fourth-order valence-corrected chi connectivity index (χ4v) is 3.00. The molecule has 2 fully saturated rings. The number of hydrogen-bond donors (Lipinski definition) is 1. The first kappa shape index (κ1) is 15.8. The number of carbonyl (C=O) groups is 1. The van der Waals surface area contributed by atoms with Crippen molar-refractivity contribution in [2.75, 3.05) is 13.7 Å². The lowest BCUT2D eigenvalue weighted by molar-refractivity contribution is -0.152. The molecule has 2 aliphatic carbocycles. The van der Waals surface area contributed by atoms with Crippen molar-refractivity contribution in [3.05, 3.63) is 0 Å². The highest BCUT2D eigenvalue weighted by Crippen LogP contribution is 2.31. The smallest absolute Gasteiger partial charge is 0.328 e. The van der Waals surface area contributed by atoms with Crippen LogP contribution in [0.25, 0.3) is 0 Å². The highest BCUT2D eigenvalue weighted by Gasteiger charge is 2.40. The van der Waals surface area contributed by atoms with Gasteiger partial charge in [0.2, 0.25) is 0 Å². The molecule has 2 saturated carbocycles. The Hall–Kier alpha value is -0.610. The number of rotatable bonds is 6. The molecule has 0 aromatic heterocycles. The molecule has 2 rings (SSSR count). The van der Waals surface area contributed by atoms with Gasteiger partial charge in [0.1, 0.15) is 5.54 Å². The molecular formula is C16H29NO3. The third-order valence-electron chi connectivity index (χ3n) is 4.89. The Morgan fingerprint density at radius 1 is 1.20 bits per heavy atom. The van der Waals surface area contributed by atoms with E-state index in [0.717, 1.165) is 31.6 Å². The van der Waals surface area contributed by atoms with Gasteiger partial charge in [-0.25, -0.2) is 4.79 Å². The van der Waals surface area contributed by atoms with Gasteiger partial charge in [0.25, 0.3) is 0 Å². The van der Waals surface area contributed by atoms with Crippen molar-refractivity contribution in [3.63, 3.8) is 0 Å². The van der Waals surface area contributed by atoms with Crippen LogP contribution in [0.15, 0.2) is 0 Å². The van der Waals surface area contributed by atoms with Gasteiger partial charge in [0.15, 0.2) is 0 Å². The number of nitrogens with one attached hydrogen (secondary N) is 1. The molecule has 0 spiro atoms. The minimum Gasteiger partial charge on any atom is -0.468 e. The summed E-state index contributed by atoms with van der Waals surface area (Å²) in [5, 5.41) is 3.38. The van der Waals surface area contributed by atoms with Crippen molar-refractivity contribution in [2.45, 2.75) is 70.6 Å². The minimum atomic E-state index is -0.706. The molecule has 0 heterocycles. The van der Waals surface area contributed by atoms with Gasteiger partial charge >= 0.3 is 5.97 Å². The fraction of sp³-hybridized carbons (Fsp3) is 0.938. The van der Waals surface area contributed by atoms with E-state index in [1.807, 2.05) is 6.92 Å². The Bertz CT molecular complexity index is 343. The monoisotopic (exact) mass is 283 g/mol. The van der Waals surface area contributed by atoms with Crippen molar-refractivity contribution < 1.29 is 14.3 Å². The van der Waals surface area contributed by atoms with Crippen LogP contribution in [0.4, 0.5) is 0 Å². The van der Waals surface area contributed by atoms with E-state index in [2.05, 4.69) is 19.2 Å². The molecule has 0 radical (unpaired) electrons. The zero-order valence-corrected chi connectivity index (χ0v) is 13.3. The van der Waals surface area contributed by atoms with Crippen LogP contribution in [0.5, 0.6) is 0 Å². The van der Waals surface area contributed by atoms with Gasteiger partial charge in [-0.1, -0.05) is 13.8 Å². The molecule has 0 aromatic carbocycles. The Morgan fingerprint density at radius 2 is 1.90 bits per heavy atom. The second kappa shape index (κ2) is 6.44. The van der Waals surface area contributed by atoms with E-state index in [9.17, 15) is 4.79 Å². The second-order valence-electron chi connectivity index (χ2n) is 6.94. The molecule has 116 valence electrons. The number of methoxy groups -OCH3 is 1. The lowest BCUT2D eigenvalue weighted by Gasteiger charge is -2.35. The van der Waals surface area contributed by atoms with Crippen molar-refractivity contribution in [1.29, 1.82) is 0 Å². The van der Waals surface area contributed by atoms with E-state index in [1.165, 1.54) is 13.5 Å². The molecular weight excluding hydrogens is 254 g/mol. The summed E-state index contributed by atoms with van der Waals surface area (Å²) in [7, 11) is 1.44. The Labute approximate surface area is 122 Å². The number of esters is 1. The Kier molecular flexibility index (Phi) is 5.08. The third-order valence-corrected chi connectivity index (χ3v) is 4.89. The SMILES string of the molecule is COC(=O)C(C)(COC1CCC(C)C(C)C1)NC1CC1. The van der Waals surface area contributed by atoms with Crippen LogP contribution in [0, 0.1) is 11.8 Å². The van der Waals surface area contributed by atoms with E-state index in [0.29, 0.717) is 18.6 Å². The maximum absolute atomic E-state index is 12.0. The highest BCUT2D eigenvalue weighted by molar-refractivity contribution is 5.80. The Balaban J connectivity index is 1.86. The first-order valence-electron chi connectivity index (χ1n) is 7.92. The van der Waals surface area contributed by atoms with E-state index in [-0.39, 0.29) is 12.1 Å². The first-order chi connectivity index (χ1) is 9.44. The zero-order chi connectivity index (χ0) is 14.8. The van der Waals surface area contributed by atoms with Crippen LogP contribution in [0.1, 0.15) is 52.9 Å². The van der Waals surface area contributed by atoms with Gasteiger partial charge in [-0.15, -0.1) is 0 Å². The summed E-state index contributed by atoms with van der Waals surface area (Å²) in [6.45, 7) is 6.91. The predicted molar refractivity (Wildman–Crippen MR) is 78.5 cm³/mol. The van der Waals surface area contributed by atoms with Gasteiger partial charge in [-0.05, 0) is 50.9 Å². The molecule has 4 atom stereocenters. The normalized spacial score (nSPS) is 33.5. The number of hydrogen-bond acceptors (Lipinski definition) is 4. The summed E-state index contributed by atoms with van der Waals surface area (Å²) in [6.07, 6.45) is 5.99. The lowest BCUT2D eigenvalue weighted by Crippen LogP contribution is -2.55. The largest absolute Gasteiger partial charge is 0.468 e. The molecule has 0 aliphatic heterocycles. The average Bonchev–Trinajstić information content (AvgIpc) is 3.23. The molecule has 2 aliphatic rings. The standard InChI is InChI=1S/C16H29NO3/c1-11-5-8-14(9-12(11)2)20-10-16(3,15(18)19-4)17-13-6-7-13/h11-14,17H,5-10H2,1-4H3. The summed E-state index contributed by atoms with van der Waals surface area (Å²) in [4.78, 5) is 12.0. The van der Waals surface area contributed by atoms with Crippen LogP contribution in [-0.2, 0) is 14.3 Å². The van der Waals surface area contributed by atoms with E-state index >= 15 is 0 Å².